The molecule has 172 valence electrons. The summed E-state index contributed by atoms with van der Waals surface area (Å²) in [6, 6.07) is 13.2. The van der Waals surface area contributed by atoms with E-state index in [1.54, 1.807) is 28.0 Å². The van der Waals surface area contributed by atoms with Crippen LogP contribution in [0.25, 0.3) is 11.5 Å². The van der Waals surface area contributed by atoms with Crippen molar-refractivity contribution in [3.8, 4) is 11.5 Å². The minimum absolute atomic E-state index is 0.135. The second-order valence-corrected chi connectivity index (χ2v) is 9.46. The number of benzene rings is 1. The summed E-state index contributed by atoms with van der Waals surface area (Å²) < 4.78 is 7.14. The largest absolute Gasteiger partial charge is 0.463 e. The average molecular weight is 447 g/mol. The summed E-state index contributed by atoms with van der Waals surface area (Å²) >= 11 is 0. The van der Waals surface area contributed by atoms with Gasteiger partial charge in [-0.3, -0.25) is 19.2 Å². The maximum absolute atomic E-state index is 13.8. The zero-order valence-electron chi connectivity index (χ0n) is 19.2. The smallest absolute Gasteiger partial charge is 0.277 e. The number of nitrogens with zero attached hydrogens (tertiary/aromatic N) is 3. The van der Waals surface area contributed by atoms with Crippen LogP contribution in [-0.4, -0.2) is 33.2 Å². The fraction of sp³-hybridized carbons (Fsp3) is 0.423. The Balaban J connectivity index is 1.54. The van der Waals surface area contributed by atoms with Gasteiger partial charge in [0.25, 0.3) is 5.91 Å². The zero-order valence-corrected chi connectivity index (χ0v) is 19.2. The molecule has 1 fully saturated rings. The predicted molar refractivity (Wildman–Crippen MR) is 126 cm³/mol. The fourth-order valence-electron chi connectivity index (χ4n) is 4.99. The first kappa shape index (κ1) is 21.5. The van der Waals surface area contributed by atoms with Gasteiger partial charge < -0.3 is 9.73 Å². The lowest BCUT2D eigenvalue weighted by atomic mass is 9.93. The molecule has 33 heavy (non-hydrogen) atoms. The minimum Gasteiger partial charge on any atom is -0.463 e. The summed E-state index contributed by atoms with van der Waals surface area (Å²) in [6.45, 7) is 4.11. The van der Waals surface area contributed by atoms with Crippen LogP contribution in [0.1, 0.15) is 61.5 Å². The number of rotatable bonds is 4. The van der Waals surface area contributed by atoms with E-state index in [1.807, 2.05) is 44.2 Å². The van der Waals surface area contributed by atoms with Crippen molar-refractivity contribution in [3.05, 3.63) is 60.0 Å². The first-order chi connectivity index (χ1) is 16.0. The normalized spacial score (nSPS) is 21.5. The quantitative estimate of drug-likeness (QED) is 0.589. The average Bonchev–Trinajstić information content (AvgIpc) is 3.40. The summed E-state index contributed by atoms with van der Waals surface area (Å²) in [6.07, 6.45) is 8.22. The molecule has 2 amide bonds. The molecule has 0 saturated heterocycles. The molecule has 0 unspecified atom stereocenters. The second kappa shape index (κ2) is 8.54. The third kappa shape index (κ3) is 3.96. The molecule has 7 nitrogen and oxygen atoms in total. The molecule has 0 spiro atoms. The van der Waals surface area contributed by atoms with Crippen LogP contribution in [0.4, 0.5) is 5.69 Å². The Bertz CT molecular complexity index is 1140. The molecular formula is C26H30N4O3. The molecule has 7 heteroatoms. The Labute approximate surface area is 193 Å². The Morgan fingerprint density at radius 3 is 2.52 bits per heavy atom. The van der Waals surface area contributed by atoms with Crippen molar-refractivity contribution in [3.63, 3.8) is 0 Å². The topological polar surface area (TPSA) is 80.4 Å². The summed E-state index contributed by atoms with van der Waals surface area (Å²) in [4.78, 5) is 29.2. The first-order valence-corrected chi connectivity index (χ1v) is 11.8. The van der Waals surface area contributed by atoms with Gasteiger partial charge in [-0.25, -0.2) is 0 Å². The molecule has 3 heterocycles. The fourth-order valence-corrected chi connectivity index (χ4v) is 4.99. The molecule has 1 atom stereocenters. The third-order valence-electron chi connectivity index (χ3n) is 6.90. The van der Waals surface area contributed by atoms with E-state index in [0.717, 1.165) is 31.2 Å². The van der Waals surface area contributed by atoms with Crippen molar-refractivity contribution in [2.75, 3.05) is 4.90 Å². The molecule has 0 radical (unpaired) electrons. The van der Waals surface area contributed by atoms with Crippen molar-refractivity contribution in [1.29, 1.82) is 0 Å². The number of furan rings is 1. The van der Waals surface area contributed by atoms with Gasteiger partial charge in [-0.05, 0) is 51.0 Å². The highest BCUT2D eigenvalue weighted by molar-refractivity contribution is 6.12. The highest BCUT2D eigenvalue weighted by atomic mass is 16.3. The van der Waals surface area contributed by atoms with Crippen molar-refractivity contribution in [1.82, 2.24) is 15.1 Å². The Hall–Kier alpha value is -3.35. The van der Waals surface area contributed by atoms with Gasteiger partial charge in [0, 0.05) is 17.8 Å². The Morgan fingerprint density at radius 2 is 1.85 bits per heavy atom. The first-order valence-electron chi connectivity index (χ1n) is 11.8. The predicted octanol–water partition coefficient (Wildman–Crippen LogP) is 4.71. The molecule has 1 N–H and O–H groups in total. The van der Waals surface area contributed by atoms with E-state index in [2.05, 4.69) is 10.4 Å². The number of aryl methyl sites for hydroxylation is 1. The molecule has 3 aromatic rings. The number of anilines is 1. The molecule has 1 aliphatic heterocycles. The number of hydrogen-bond donors (Lipinski definition) is 1. The van der Waals surface area contributed by atoms with Crippen LogP contribution in [-0.2, 0) is 11.3 Å². The molecule has 0 bridgehead atoms. The molecule has 2 aromatic heterocycles. The van der Waals surface area contributed by atoms with Gasteiger partial charge in [0.05, 0.1) is 12.8 Å². The van der Waals surface area contributed by atoms with Crippen molar-refractivity contribution in [2.24, 2.45) is 0 Å². The number of aromatic nitrogens is 2. The van der Waals surface area contributed by atoms with Gasteiger partial charge in [0.15, 0.2) is 5.76 Å². The van der Waals surface area contributed by atoms with Crippen LogP contribution in [0, 0.1) is 6.92 Å². The van der Waals surface area contributed by atoms with Crippen LogP contribution in [0.15, 0.2) is 53.1 Å². The standard InChI is InChI=1S/C26H30N4O3/c1-18-11-13-20(14-12-18)30-24(31)22-16-21(23-10-7-15-33-23)28-29(22)17-26(30,2)25(32)27-19-8-5-3-4-6-9-19/h7,10-16,19H,3-6,8-9,17H2,1-2H3,(H,27,32)/t26-/m1/s1. The van der Waals surface area contributed by atoms with Crippen molar-refractivity contribution >= 4 is 17.5 Å². The second-order valence-electron chi connectivity index (χ2n) is 9.46. The van der Waals surface area contributed by atoms with Crippen LogP contribution in [0.5, 0.6) is 0 Å². The Morgan fingerprint density at radius 1 is 1.12 bits per heavy atom. The number of nitrogens with one attached hydrogen (secondary N) is 1. The molecule has 1 saturated carbocycles. The summed E-state index contributed by atoms with van der Waals surface area (Å²) in [5.41, 5.74) is 1.72. The lowest BCUT2D eigenvalue weighted by Crippen LogP contribution is -2.65. The van der Waals surface area contributed by atoms with Crippen LogP contribution >= 0.6 is 0 Å². The van der Waals surface area contributed by atoms with Crippen LogP contribution in [0.3, 0.4) is 0 Å². The monoisotopic (exact) mass is 446 g/mol. The van der Waals surface area contributed by atoms with Gasteiger partial charge in [-0.15, -0.1) is 0 Å². The molecular weight excluding hydrogens is 416 g/mol. The van der Waals surface area contributed by atoms with E-state index in [0.29, 0.717) is 22.8 Å². The third-order valence-corrected chi connectivity index (χ3v) is 6.90. The van der Waals surface area contributed by atoms with E-state index >= 15 is 0 Å². The molecule has 5 rings (SSSR count). The van der Waals surface area contributed by atoms with Gasteiger partial charge in [-0.2, -0.15) is 5.10 Å². The number of amides is 2. The zero-order chi connectivity index (χ0) is 23.0. The van der Waals surface area contributed by atoms with E-state index in [1.165, 1.54) is 12.8 Å². The molecule has 1 aromatic carbocycles. The van der Waals surface area contributed by atoms with Crippen LogP contribution < -0.4 is 10.2 Å². The van der Waals surface area contributed by atoms with Gasteiger partial charge in [0.2, 0.25) is 5.91 Å². The van der Waals surface area contributed by atoms with E-state index in [9.17, 15) is 9.59 Å². The summed E-state index contributed by atoms with van der Waals surface area (Å²) in [5, 5.41) is 7.89. The number of fused-ring (bicyclic) bond motifs is 1. The van der Waals surface area contributed by atoms with Gasteiger partial charge in [0.1, 0.15) is 16.9 Å². The number of hydrogen-bond acceptors (Lipinski definition) is 4. The minimum atomic E-state index is -1.11. The SMILES string of the molecule is Cc1ccc(N2C(=O)c3cc(-c4ccco4)nn3C[C@]2(C)C(=O)NC2CCCCCC2)cc1. The van der Waals surface area contributed by atoms with E-state index in [4.69, 9.17) is 4.42 Å². The van der Waals surface area contributed by atoms with Crippen molar-refractivity contribution in [2.45, 2.75) is 70.5 Å². The van der Waals surface area contributed by atoms with E-state index in [-0.39, 0.29) is 24.4 Å². The lowest BCUT2D eigenvalue weighted by molar-refractivity contribution is -0.127. The van der Waals surface area contributed by atoms with Gasteiger partial charge in [-0.1, -0.05) is 43.4 Å². The lowest BCUT2D eigenvalue weighted by Gasteiger charge is -2.43. The summed E-state index contributed by atoms with van der Waals surface area (Å²) in [5.74, 6) is 0.217. The van der Waals surface area contributed by atoms with E-state index < -0.39 is 5.54 Å². The highest BCUT2D eigenvalue weighted by Crippen LogP contribution is 2.34. The maximum atomic E-state index is 13.8. The highest BCUT2D eigenvalue weighted by Gasteiger charge is 2.49. The molecule has 2 aliphatic rings. The number of carbonyl (C=O) groups is 2. The Kier molecular flexibility index (Phi) is 5.56. The van der Waals surface area contributed by atoms with Gasteiger partial charge >= 0.3 is 0 Å². The summed E-state index contributed by atoms with van der Waals surface area (Å²) in [7, 11) is 0. The molecule has 1 aliphatic carbocycles. The van der Waals surface area contributed by atoms with Crippen LogP contribution in [0.2, 0.25) is 0 Å². The maximum Gasteiger partial charge on any atom is 0.277 e. The number of carbonyl (C=O) groups excluding carboxylic acids is 2. The van der Waals surface area contributed by atoms with Crippen molar-refractivity contribution < 1.29 is 14.0 Å².